The second-order valence-corrected chi connectivity index (χ2v) is 4.97. The Kier molecular flexibility index (Phi) is 4.51. The highest BCUT2D eigenvalue weighted by Gasteiger charge is 2.31. The first-order valence-corrected chi connectivity index (χ1v) is 6.64. The molecule has 0 aromatic carbocycles. The van der Waals surface area contributed by atoms with Crippen LogP contribution >= 0.6 is 12.2 Å². The summed E-state index contributed by atoms with van der Waals surface area (Å²) < 4.78 is 10.2. The van der Waals surface area contributed by atoms with Crippen LogP contribution in [0, 0.1) is 6.92 Å². The summed E-state index contributed by atoms with van der Waals surface area (Å²) in [5, 5.41) is 0. The van der Waals surface area contributed by atoms with Crippen molar-refractivity contribution in [3.63, 3.8) is 0 Å². The molecule has 108 valence electrons. The Morgan fingerprint density at radius 2 is 2.35 bits per heavy atom. The monoisotopic (exact) mass is 295 g/mol. The third-order valence-corrected chi connectivity index (χ3v) is 3.36. The van der Waals surface area contributed by atoms with Gasteiger partial charge in [-0.15, -0.1) is 0 Å². The van der Waals surface area contributed by atoms with Gasteiger partial charge in [-0.1, -0.05) is 12.2 Å². The Morgan fingerprint density at radius 3 is 3.00 bits per heavy atom. The van der Waals surface area contributed by atoms with Gasteiger partial charge in [0.1, 0.15) is 10.8 Å². The van der Waals surface area contributed by atoms with E-state index in [2.05, 4.69) is 4.98 Å². The molecule has 0 aliphatic carbocycles. The lowest BCUT2D eigenvalue weighted by Crippen LogP contribution is -2.51. The molecule has 0 radical (unpaired) electrons. The summed E-state index contributed by atoms with van der Waals surface area (Å²) in [7, 11) is 1.36. The van der Waals surface area contributed by atoms with Gasteiger partial charge in [-0.05, 0) is 19.1 Å². The molecule has 6 nitrogen and oxygen atoms in total. The highest BCUT2D eigenvalue weighted by molar-refractivity contribution is 7.80. The number of methoxy groups -OCH3 is 1. The summed E-state index contributed by atoms with van der Waals surface area (Å²) in [4.78, 5) is 18.5. The molecule has 0 amide bonds. The van der Waals surface area contributed by atoms with Gasteiger partial charge in [0.15, 0.2) is 6.04 Å². The van der Waals surface area contributed by atoms with E-state index in [1.165, 1.54) is 7.11 Å². The van der Waals surface area contributed by atoms with E-state index in [1.54, 1.807) is 6.07 Å². The van der Waals surface area contributed by atoms with Crippen molar-refractivity contribution in [2.75, 3.05) is 31.8 Å². The van der Waals surface area contributed by atoms with Crippen molar-refractivity contribution in [3.05, 3.63) is 23.4 Å². The van der Waals surface area contributed by atoms with Crippen molar-refractivity contribution in [1.29, 1.82) is 0 Å². The minimum Gasteiger partial charge on any atom is -0.467 e. The number of aromatic nitrogens is 1. The van der Waals surface area contributed by atoms with Crippen LogP contribution in [-0.4, -0.2) is 48.9 Å². The first-order valence-electron chi connectivity index (χ1n) is 6.23. The lowest BCUT2D eigenvalue weighted by atomic mass is 10.2. The number of rotatable bonds is 3. The van der Waals surface area contributed by atoms with Gasteiger partial charge in [-0.2, -0.15) is 0 Å². The second-order valence-electron chi connectivity index (χ2n) is 4.53. The summed E-state index contributed by atoms with van der Waals surface area (Å²) in [5.41, 5.74) is 7.20. The van der Waals surface area contributed by atoms with Crippen LogP contribution in [0.2, 0.25) is 0 Å². The lowest BCUT2D eigenvalue weighted by Gasteiger charge is -2.34. The SMILES string of the molecule is COC(=O)C1COCCN1c1cc(C(N)=S)cc(C)n1. The quantitative estimate of drug-likeness (QED) is 0.639. The number of anilines is 1. The van der Waals surface area contributed by atoms with Gasteiger partial charge in [0, 0.05) is 17.8 Å². The molecule has 7 heteroatoms. The van der Waals surface area contributed by atoms with Crippen molar-refractivity contribution < 1.29 is 14.3 Å². The van der Waals surface area contributed by atoms with Gasteiger partial charge in [0.2, 0.25) is 0 Å². The molecule has 1 unspecified atom stereocenters. The van der Waals surface area contributed by atoms with Crippen molar-refractivity contribution in [2.24, 2.45) is 5.73 Å². The average Bonchev–Trinajstić information content (AvgIpc) is 2.45. The minimum absolute atomic E-state index is 0.282. The number of esters is 1. The summed E-state index contributed by atoms with van der Waals surface area (Å²) in [6.45, 7) is 3.24. The Labute approximate surface area is 122 Å². The van der Waals surface area contributed by atoms with Crippen LogP contribution in [0.3, 0.4) is 0 Å². The van der Waals surface area contributed by atoms with Crippen LogP contribution in [0.1, 0.15) is 11.3 Å². The normalized spacial score (nSPS) is 18.7. The zero-order chi connectivity index (χ0) is 14.7. The van der Waals surface area contributed by atoms with E-state index in [0.717, 1.165) is 11.3 Å². The number of morpholine rings is 1. The van der Waals surface area contributed by atoms with Crippen molar-refractivity contribution in [2.45, 2.75) is 13.0 Å². The molecule has 2 N–H and O–H groups in total. The highest BCUT2D eigenvalue weighted by Crippen LogP contribution is 2.20. The molecule has 1 aliphatic heterocycles. The zero-order valence-corrected chi connectivity index (χ0v) is 12.3. The highest BCUT2D eigenvalue weighted by atomic mass is 32.1. The number of nitrogens with two attached hydrogens (primary N) is 1. The fourth-order valence-corrected chi connectivity index (χ4v) is 2.27. The number of hydrogen-bond acceptors (Lipinski definition) is 6. The standard InChI is InChI=1S/C13H17N3O3S/c1-8-5-9(12(14)20)6-11(15-8)16-3-4-19-7-10(16)13(17)18-2/h5-6,10H,3-4,7H2,1-2H3,(H2,14,20). The number of thiocarbonyl (C=S) groups is 1. The first-order chi connectivity index (χ1) is 9.52. The summed E-state index contributed by atoms with van der Waals surface area (Å²) in [6.07, 6.45) is 0. The predicted molar refractivity (Wildman–Crippen MR) is 78.8 cm³/mol. The van der Waals surface area contributed by atoms with E-state index < -0.39 is 6.04 Å². The summed E-state index contributed by atoms with van der Waals surface area (Å²) in [6, 6.07) is 3.11. The molecule has 2 heterocycles. The second kappa shape index (κ2) is 6.15. The van der Waals surface area contributed by atoms with Crippen LogP contribution in [0.4, 0.5) is 5.82 Å². The number of ether oxygens (including phenoxy) is 2. The Balaban J connectivity index is 2.37. The number of aryl methyl sites for hydroxylation is 1. The fourth-order valence-electron chi connectivity index (χ4n) is 2.15. The van der Waals surface area contributed by atoms with E-state index in [0.29, 0.717) is 24.0 Å². The van der Waals surface area contributed by atoms with Gasteiger partial charge in [0.05, 0.1) is 20.3 Å². The third-order valence-electron chi connectivity index (χ3n) is 3.12. The molecule has 20 heavy (non-hydrogen) atoms. The topological polar surface area (TPSA) is 77.7 Å². The molecular weight excluding hydrogens is 278 g/mol. The smallest absolute Gasteiger partial charge is 0.330 e. The maximum Gasteiger partial charge on any atom is 0.330 e. The largest absolute Gasteiger partial charge is 0.467 e. The fraction of sp³-hybridized carbons (Fsp3) is 0.462. The third kappa shape index (κ3) is 3.05. The van der Waals surface area contributed by atoms with E-state index in [9.17, 15) is 4.79 Å². The predicted octanol–water partition coefficient (Wildman–Crippen LogP) is 0.402. The van der Waals surface area contributed by atoms with Crippen molar-refractivity contribution >= 4 is 29.0 Å². The number of hydrogen-bond donors (Lipinski definition) is 1. The Bertz CT molecular complexity index is 536. The molecule has 0 spiro atoms. The van der Waals surface area contributed by atoms with Crippen LogP contribution in [-0.2, 0) is 14.3 Å². The van der Waals surface area contributed by atoms with E-state index in [4.69, 9.17) is 27.4 Å². The molecule has 1 aromatic rings. The van der Waals surface area contributed by atoms with Crippen LogP contribution in [0.15, 0.2) is 12.1 Å². The lowest BCUT2D eigenvalue weighted by molar-refractivity contribution is -0.144. The number of nitrogens with zero attached hydrogens (tertiary/aromatic N) is 2. The molecule has 1 saturated heterocycles. The van der Waals surface area contributed by atoms with E-state index in [1.807, 2.05) is 17.9 Å². The van der Waals surface area contributed by atoms with Crippen molar-refractivity contribution in [1.82, 2.24) is 4.98 Å². The Hall–Kier alpha value is -1.73. The van der Waals surface area contributed by atoms with E-state index >= 15 is 0 Å². The molecule has 1 atom stereocenters. The maximum atomic E-state index is 11.8. The number of carbonyl (C=O) groups excluding carboxylic acids is 1. The molecule has 0 bridgehead atoms. The van der Waals surface area contributed by atoms with E-state index in [-0.39, 0.29) is 12.6 Å². The van der Waals surface area contributed by atoms with Gasteiger partial charge in [-0.25, -0.2) is 9.78 Å². The molecule has 2 rings (SSSR count). The van der Waals surface area contributed by atoms with Crippen LogP contribution in [0.25, 0.3) is 0 Å². The number of carbonyl (C=O) groups is 1. The molecule has 1 aliphatic rings. The molecule has 1 fully saturated rings. The summed E-state index contributed by atoms with van der Waals surface area (Å²) >= 11 is 5.00. The Morgan fingerprint density at radius 1 is 1.60 bits per heavy atom. The summed E-state index contributed by atoms with van der Waals surface area (Å²) in [5.74, 6) is 0.316. The van der Waals surface area contributed by atoms with Crippen LogP contribution < -0.4 is 10.6 Å². The van der Waals surface area contributed by atoms with Gasteiger partial charge >= 0.3 is 5.97 Å². The maximum absolute atomic E-state index is 11.8. The first kappa shape index (κ1) is 14.7. The van der Waals surface area contributed by atoms with Crippen LogP contribution in [0.5, 0.6) is 0 Å². The van der Waals surface area contributed by atoms with Gasteiger partial charge in [0.25, 0.3) is 0 Å². The molecule has 1 aromatic heterocycles. The number of pyridine rings is 1. The zero-order valence-electron chi connectivity index (χ0n) is 11.5. The van der Waals surface area contributed by atoms with Crippen molar-refractivity contribution in [3.8, 4) is 0 Å². The molecule has 0 saturated carbocycles. The minimum atomic E-state index is -0.498. The average molecular weight is 295 g/mol. The molecular formula is C13H17N3O3S. The van der Waals surface area contributed by atoms with Gasteiger partial charge < -0.3 is 20.1 Å². The van der Waals surface area contributed by atoms with Gasteiger partial charge in [-0.3, -0.25) is 0 Å².